The summed E-state index contributed by atoms with van der Waals surface area (Å²) in [6, 6.07) is -1.29. The van der Waals surface area contributed by atoms with Gasteiger partial charge in [0.25, 0.3) is 0 Å². The summed E-state index contributed by atoms with van der Waals surface area (Å²) in [4.78, 5) is 19.6. The largest absolute Gasteiger partial charge is 0.481 e. The van der Waals surface area contributed by atoms with Gasteiger partial charge in [-0.1, -0.05) is 0 Å². The standard InChI is InChI=1S/C4H7NO4/c5-2(4(8)9)1-3(6)7/h2H,1,5H2,(H,6,7)(H,8,9)/t2-/m0/s1/i4+2. The van der Waals surface area contributed by atoms with Gasteiger partial charge in [-0.25, -0.2) is 0 Å². The summed E-state index contributed by atoms with van der Waals surface area (Å²) in [5.74, 6) is -2.50. The maximum absolute atomic E-state index is 9.85. The minimum absolute atomic E-state index is 0.532. The van der Waals surface area contributed by atoms with Crippen LogP contribution >= 0.6 is 0 Å². The van der Waals surface area contributed by atoms with E-state index in [1.165, 1.54) is 0 Å². The molecule has 0 heterocycles. The maximum Gasteiger partial charge on any atom is 0.321 e. The third-order valence-electron chi connectivity index (χ3n) is 0.712. The Morgan fingerprint density at radius 1 is 1.78 bits per heavy atom. The molecule has 0 amide bonds. The molecular weight excluding hydrogens is 128 g/mol. The van der Waals surface area contributed by atoms with Crippen LogP contribution in [-0.2, 0) is 9.59 Å². The number of carbonyl (C=O) groups is 2. The lowest BCUT2D eigenvalue weighted by molar-refractivity contribution is -0.144. The molecule has 5 nitrogen and oxygen atoms in total. The highest BCUT2D eigenvalue weighted by Crippen LogP contribution is 1.86. The molecule has 0 aliphatic rings. The maximum atomic E-state index is 9.85. The van der Waals surface area contributed by atoms with E-state index < -0.39 is 24.4 Å². The van der Waals surface area contributed by atoms with Gasteiger partial charge in [-0.15, -0.1) is 0 Å². The fourth-order valence-corrected chi connectivity index (χ4v) is 0.275. The number of aliphatic carboxylic acids is 2. The molecule has 0 fully saturated rings. The quantitative estimate of drug-likeness (QED) is 0.454. The Bertz CT molecular complexity index is 133. The van der Waals surface area contributed by atoms with Gasteiger partial charge in [0.15, 0.2) is 0 Å². The number of rotatable bonds is 3. The number of hydrogen-bond donors (Lipinski definition) is 3. The number of hydrogen-bond acceptors (Lipinski definition) is 3. The Morgan fingerprint density at radius 3 is 2.33 bits per heavy atom. The molecule has 0 rings (SSSR count). The average Bonchev–Trinajstić information content (AvgIpc) is 1.63. The van der Waals surface area contributed by atoms with E-state index in [1.807, 2.05) is 0 Å². The van der Waals surface area contributed by atoms with Gasteiger partial charge in [0.05, 0.1) is 6.42 Å². The van der Waals surface area contributed by atoms with Crippen molar-refractivity contribution < 1.29 is 19.8 Å². The smallest absolute Gasteiger partial charge is 0.321 e. The third kappa shape index (κ3) is 3.48. The first-order chi connectivity index (χ1) is 4.04. The third-order valence-corrected chi connectivity index (χ3v) is 0.712. The van der Waals surface area contributed by atoms with Crippen LogP contribution in [-0.4, -0.2) is 28.2 Å². The minimum atomic E-state index is -1.29. The van der Waals surface area contributed by atoms with E-state index in [0.29, 0.717) is 0 Å². The first kappa shape index (κ1) is 7.90. The van der Waals surface area contributed by atoms with E-state index in [0.717, 1.165) is 0 Å². The van der Waals surface area contributed by atoms with Gasteiger partial charge in [-0.3, -0.25) is 9.59 Å². The normalized spacial score (nSPS) is 12.6. The van der Waals surface area contributed by atoms with Gasteiger partial charge in [0.2, 0.25) is 0 Å². The second kappa shape index (κ2) is 3.03. The Balaban J connectivity index is 3.63. The predicted molar refractivity (Wildman–Crippen MR) is 27.9 cm³/mol. The first-order valence-corrected chi connectivity index (χ1v) is 2.24. The topological polar surface area (TPSA) is 101 Å². The van der Waals surface area contributed by atoms with Crippen molar-refractivity contribution in [1.29, 1.82) is 0 Å². The molecule has 0 aromatic rings. The van der Waals surface area contributed by atoms with E-state index >= 15 is 0 Å². The van der Waals surface area contributed by atoms with E-state index in [4.69, 9.17) is 15.9 Å². The Labute approximate surface area is 51.1 Å². The Kier molecular flexibility index (Phi) is 2.66. The average molecular weight is 135 g/mol. The van der Waals surface area contributed by atoms with Crippen LogP contribution in [0.25, 0.3) is 0 Å². The first-order valence-electron chi connectivity index (χ1n) is 2.24. The van der Waals surface area contributed by atoms with Crippen LogP contribution in [0, 0.1) is 0 Å². The van der Waals surface area contributed by atoms with Crippen LogP contribution in [0.3, 0.4) is 0 Å². The van der Waals surface area contributed by atoms with Crippen LogP contribution < -0.4 is 5.73 Å². The molecule has 0 bridgehead atoms. The summed E-state index contributed by atoms with van der Waals surface area (Å²) in [5.41, 5.74) is 4.84. The zero-order valence-corrected chi connectivity index (χ0v) is 4.57. The summed E-state index contributed by atoms with van der Waals surface area (Å²) in [6.07, 6.45) is -0.532. The zero-order chi connectivity index (χ0) is 7.44. The minimum Gasteiger partial charge on any atom is -0.481 e. The second-order valence-corrected chi connectivity index (χ2v) is 1.54. The van der Waals surface area contributed by atoms with Gasteiger partial charge >= 0.3 is 11.9 Å². The molecule has 0 radical (unpaired) electrons. The van der Waals surface area contributed by atoms with Gasteiger partial charge < -0.3 is 15.9 Å². The van der Waals surface area contributed by atoms with Gasteiger partial charge in [-0.05, 0) is 0 Å². The molecule has 0 aromatic heterocycles. The van der Waals surface area contributed by atoms with Crippen LogP contribution in [0.5, 0.6) is 0 Å². The van der Waals surface area contributed by atoms with E-state index in [1.54, 1.807) is 0 Å². The number of nitrogens with two attached hydrogens (primary N) is 1. The number of carboxylic acids is 2. The summed E-state index contributed by atoms with van der Waals surface area (Å²) >= 11 is 0. The molecule has 9 heavy (non-hydrogen) atoms. The summed E-state index contributed by atoms with van der Waals surface area (Å²) in [7, 11) is 0. The van der Waals surface area contributed by atoms with Crippen molar-refractivity contribution in [3.63, 3.8) is 0 Å². The molecule has 0 aliphatic heterocycles. The van der Waals surface area contributed by atoms with Crippen LogP contribution in [0.15, 0.2) is 0 Å². The molecule has 52 valence electrons. The van der Waals surface area contributed by atoms with E-state index in [9.17, 15) is 9.59 Å². The van der Waals surface area contributed by atoms with Crippen LogP contribution in [0.4, 0.5) is 0 Å². The highest BCUT2D eigenvalue weighted by atomic mass is 16.6. The molecule has 5 heteroatoms. The summed E-state index contributed by atoms with van der Waals surface area (Å²) in [5, 5.41) is 16.0. The van der Waals surface area contributed by atoms with Crippen LogP contribution in [0.2, 0.25) is 0 Å². The Morgan fingerprint density at radius 2 is 2.22 bits per heavy atom. The van der Waals surface area contributed by atoms with Gasteiger partial charge in [0.1, 0.15) is 6.04 Å². The molecule has 0 aromatic carbocycles. The van der Waals surface area contributed by atoms with Gasteiger partial charge in [-0.2, -0.15) is 0 Å². The van der Waals surface area contributed by atoms with E-state index in [-0.39, 0.29) is 0 Å². The van der Waals surface area contributed by atoms with Crippen molar-refractivity contribution in [2.75, 3.05) is 0 Å². The van der Waals surface area contributed by atoms with Gasteiger partial charge in [0, 0.05) is 0 Å². The SMILES string of the molecule is N[C@@H](CC(=O)O)[14C](=O)O. The molecule has 0 spiro atoms. The molecule has 0 aliphatic carbocycles. The van der Waals surface area contributed by atoms with Crippen molar-refractivity contribution >= 4 is 11.9 Å². The molecule has 4 N–H and O–H groups in total. The van der Waals surface area contributed by atoms with Crippen LogP contribution in [0.1, 0.15) is 6.42 Å². The molecule has 1 atom stereocenters. The molecule has 0 unspecified atom stereocenters. The zero-order valence-electron chi connectivity index (χ0n) is 4.57. The molecule has 0 saturated heterocycles. The van der Waals surface area contributed by atoms with Crippen molar-refractivity contribution in [3.8, 4) is 0 Å². The monoisotopic (exact) mass is 135 g/mol. The van der Waals surface area contributed by atoms with Crippen molar-refractivity contribution in [3.05, 3.63) is 0 Å². The van der Waals surface area contributed by atoms with Crippen molar-refractivity contribution in [1.82, 2.24) is 0 Å². The fraction of sp³-hybridized carbons (Fsp3) is 0.500. The fourth-order valence-electron chi connectivity index (χ4n) is 0.275. The highest BCUT2D eigenvalue weighted by molar-refractivity contribution is 5.80. The summed E-state index contributed by atoms with van der Waals surface area (Å²) < 4.78 is 0. The van der Waals surface area contributed by atoms with Crippen molar-refractivity contribution in [2.45, 2.75) is 12.5 Å². The molecular formula is C4H7NO4. The predicted octanol–water partition coefficient (Wildman–Crippen LogP) is -1.13. The molecule has 0 saturated carbocycles. The number of carboxylic acid groups (broad SMARTS) is 2. The summed E-state index contributed by atoms with van der Waals surface area (Å²) in [6.45, 7) is 0. The lowest BCUT2D eigenvalue weighted by Crippen LogP contribution is -2.32. The second-order valence-electron chi connectivity index (χ2n) is 1.54. The lowest BCUT2D eigenvalue weighted by atomic mass is 10.4. The highest BCUT2D eigenvalue weighted by Gasteiger charge is 2.14. The Hall–Kier alpha value is -1.10. The van der Waals surface area contributed by atoms with Crippen molar-refractivity contribution in [2.24, 2.45) is 5.73 Å². The van der Waals surface area contributed by atoms with E-state index in [2.05, 4.69) is 0 Å². The lowest BCUT2D eigenvalue weighted by Gasteiger charge is -1.99.